The molecule has 2 fully saturated rings. The van der Waals surface area contributed by atoms with Crippen LogP contribution in [0.2, 0.25) is 0 Å². The molecule has 1 aromatic carbocycles. The SMILES string of the molecule is O=C(Nc1cccc(CN2CCCCC2)c1)C1CCCN1. The molecule has 3 rings (SSSR count). The van der Waals surface area contributed by atoms with Crippen molar-refractivity contribution in [2.75, 3.05) is 25.0 Å². The van der Waals surface area contributed by atoms with Crippen LogP contribution in [-0.4, -0.2) is 36.5 Å². The topological polar surface area (TPSA) is 44.4 Å². The molecule has 2 aliphatic rings. The average molecular weight is 287 g/mol. The molecule has 4 heteroatoms. The standard InChI is InChI=1S/C17H25N3O/c21-17(16-8-5-9-18-16)19-15-7-4-6-14(12-15)13-20-10-2-1-3-11-20/h4,6-7,12,16,18H,1-3,5,8-11,13H2,(H,19,21). The Bertz CT molecular complexity index is 477. The van der Waals surface area contributed by atoms with E-state index in [-0.39, 0.29) is 11.9 Å². The summed E-state index contributed by atoms with van der Waals surface area (Å²) in [5.41, 5.74) is 2.21. The summed E-state index contributed by atoms with van der Waals surface area (Å²) < 4.78 is 0. The molecule has 0 spiro atoms. The quantitative estimate of drug-likeness (QED) is 0.893. The van der Waals surface area contributed by atoms with Crippen molar-refractivity contribution in [2.24, 2.45) is 0 Å². The predicted octanol–water partition coefficient (Wildman–Crippen LogP) is 2.36. The number of amides is 1. The highest BCUT2D eigenvalue weighted by Gasteiger charge is 2.21. The van der Waals surface area contributed by atoms with Gasteiger partial charge in [0.2, 0.25) is 5.91 Å². The van der Waals surface area contributed by atoms with E-state index in [1.54, 1.807) is 0 Å². The highest BCUT2D eigenvalue weighted by molar-refractivity contribution is 5.95. The minimum atomic E-state index is -0.0178. The Labute approximate surface area is 126 Å². The van der Waals surface area contributed by atoms with Gasteiger partial charge in [-0.05, 0) is 63.0 Å². The van der Waals surface area contributed by atoms with Crippen molar-refractivity contribution in [3.8, 4) is 0 Å². The maximum atomic E-state index is 12.1. The molecular weight excluding hydrogens is 262 g/mol. The Morgan fingerprint density at radius 1 is 1.24 bits per heavy atom. The molecule has 1 amide bonds. The summed E-state index contributed by atoms with van der Waals surface area (Å²) >= 11 is 0. The van der Waals surface area contributed by atoms with E-state index >= 15 is 0 Å². The third-order valence-corrected chi connectivity index (χ3v) is 4.43. The Hall–Kier alpha value is -1.39. The zero-order valence-corrected chi connectivity index (χ0v) is 12.6. The number of nitrogens with one attached hydrogen (secondary N) is 2. The summed E-state index contributed by atoms with van der Waals surface area (Å²) in [6, 6.07) is 8.26. The van der Waals surface area contributed by atoms with Gasteiger partial charge in [-0.2, -0.15) is 0 Å². The van der Waals surface area contributed by atoms with Gasteiger partial charge in [-0.25, -0.2) is 0 Å². The molecule has 0 radical (unpaired) electrons. The van der Waals surface area contributed by atoms with Gasteiger partial charge in [0.15, 0.2) is 0 Å². The minimum Gasteiger partial charge on any atom is -0.325 e. The molecule has 4 nitrogen and oxygen atoms in total. The van der Waals surface area contributed by atoms with Gasteiger partial charge in [-0.15, -0.1) is 0 Å². The second kappa shape index (κ2) is 7.05. The van der Waals surface area contributed by atoms with Crippen LogP contribution in [0.1, 0.15) is 37.7 Å². The van der Waals surface area contributed by atoms with Crippen LogP contribution in [0.5, 0.6) is 0 Å². The largest absolute Gasteiger partial charge is 0.325 e. The molecule has 0 saturated carbocycles. The Morgan fingerprint density at radius 2 is 2.10 bits per heavy atom. The lowest BCUT2D eigenvalue weighted by atomic mass is 10.1. The number of hydrogen-bond acceptors (Lipinski definition) is 3. The summed E-state index contributed by atoms with van der Waals surface area (Å²) in [6.45, 7) is 4.34. The lowest BCUT2D eigenvalue weighted by Gasteiger charge is -2.26. The highest BCUT2D eigenvalue weighted by Crippen LogP contribution is 2.17. The number of benzene rings is 1. The zero-order valence-electron chi connectivity index (χ0n) is 12.6. The van der Waals surface area contributed by atoms with Crippen LogP contribution >= 0.6 is 0 Å². The first-order valence-electron chi connectivity index (χ1n) is 8.17. The normalized spacial score (nSPS) is 23.1. The van der Waals surface area contributed by atoms with Crippen molar-refractivity contribution in [3.05, 3.63) is 29.8 Å². The number of anilines is 1. The van der Waals surface area contributed by atoms with Crippen LogP contribution in [0.15, 0.2) is 24.3 Å². The number of nitrogens with zero attached hydrogens (tertiary/aromatic N) is 1. The molecule has 1 atom stereocenters. The van der Waals surface area contributed by atoms with E-state index in [0.29, 0.717) is 0 Å². The summed E-state index contributed by atoms with van der Waals surface area (Å²) in [5, 5.41) is 6.28. The van der Waals surface area contributed by atoms with E-state index in [2.05, 4.69) is 27.7 Å². The van der Waals surface area contributed by atoms with E-state index in [1.165, 1.54) is 37.9 Å². The van der Waals surface area contributed by atoms with E-state index in [1.807, 2.05) is 12.1 Å². The highest BCUT2D eigenvalue weighted by atomic mass is 16.2. The van der Waals surface area contributed by atoms with Crippen LogP contribution in [0.25, 0.3) is 0 Å². The van der Waals surface area contributed by atoms with Gasteiger partial charge in [0.25, 0.3) is 0 Å². The van der Waals surface area contributed by atoms with Crippen LogP contribution in [0, 0.1) is 0 Å². The molecule has 21 heavy (non-hydrogen) atoms. The number of likely N-dealkylation sites (tertiary alicyclic amines) is 1. The van der Waals surface area contributed by atoms with Crippen LogP contribution in [0.3, 0.4) is 0 Å². The Morgan fingerprint density at radius 3 is 2.86 bits per heavy atom. The predicted molar refractivity (Wildman–Crippen MR) is 85.2 cm³/mol. The van der Waals surface area contributed by atoms with Crippen molar-refractivity contribution in [1.29, 1.82) is 0 Å². The summed E-state index contributed by atoms with van der Waals surface area (Å²) in [5.74, 6) is 0.0997. The molecule has 2 N–H and O–H groups in total. The van der Waals surface area contributed by atoms with E-state index < -0.39 is 0 Å². The third kappa shape index (κ3) is 4.05. The molecule has 114 valence electrons. The van der Waals surface area contributed by atoms with Gasteiger partial charge in [0, 0.05) is 12.2 Å². The van der Waals surface area contributed by atoms with Gasteiger partial charge in [-0.3, -0.25) is 9.69 Å². The second-order valence-electron chi connectivity index (χ2n) is 6.18. The van der Waals surface area contributed by atoms with Gasteiger partial charge < -0.3 is 10.6 Å². The molecule has 1 unspecified atom stereocenters. The molecule has 2 aliphatic heterocycles. The number of carbonyl (C=O) groups is 1. The fraction of sp³-hybridized carbons (Fsp3) is 0.588. The number of rotatable bonds is 4. The maximum Gasteiger partial charge on any atom is 0.241 e. The Balaban J connectivity index is 1.58. The van der Waals surface area contributed by atoms with Crippen molar-refractivity contribution < 1.29 is 4.79 Å². The van der Waals surface area contributed by atoms with Crippen molar-refractivity contribution in [1.82, 2.24) is 10.2 Å². The van der Waals surface area contributed by atoms with Gasteiger partial charge >= 0.3 is 0 Å². The number of piperidine rings is 1. The second-order valence-corrected chi connectivity index (χ2v) is 6.18. The van der Waals surface area contributed by atoms with E-state index in [9.17, 15) is 4.79 Å². The van der Waals surface area contributed by atoms with Crippen molar-refractivity contribution >= 4 is 11.6 Å². The monoisotopic (exact) mass is 287 g/mol. The summed E-state index contributed by atoms with van der Waals surface area (Å²) in [6.07, 6.45) is 6.01. The number of carbonyl (C=O) groups excluding carboxylic acids is 1. The molecule has 2 saturated heterocycles. The third-order valence-electron chi connectivity index (χ3n) is 4.43. The lowest BCUT2D eigenvalue weighted by molar-refractivity contribution is -0.117. The first-order valence-corrected chi connectivity index (χ1v) is 8.17. The van der Waals surface area contributed by atoms with E-state index in [4.69, 9.17) is 0 Å². The summed E-state index contributed by atoms with van der Waals surface area (Å²) in [7, 11) is 0. The lowest BCUT2D eigenvalue weighted by Crippen LogP contribution is -2.35. The smallest absolute Gasteiger partial charge is 0.241 e. The average Bonchev–Trinajstić information content (AvgIpc) is 3.03. The van der Waals surface area contributed by atoms with Gasteiger partial charge in [0.05, 0.1) is 6.04 Å². The van der Waals surface area contributed by atoms with Gasteiger partial charge in [-0.1, -0.05) is 18.6 Å². The summed E-state index contributed by atoms with van der Waals surface area (Å²) in [4.78, 5) is 14.6. The molecular formula is C17H25N3O. The first-order chi connectivity index (χ1) is 10.3. The van der Waals surface area contributed by atoms with Crippen molar-refractivity contribution in [2.45, 2.75) is 44.7 Å². The van der Waals surface area contributed by atoms with E-state index in [0.717, 1.165) is 31.6 Å². The molecule has 0 aromatic heterocycles. The molecule has 2 heterocycles. The fourth-order valence-electron chi connectivity index (χ4n) is 3.26. The Kier molecular flexibility index (Phi) is 4.88. The number of hydrogen-bond donors (Lipinski definition) is 2. The first kappa shape index (κ1) is 14.5. The van der Waals surface area contributed by atoms with Crippen LogP contribution < -0.4 is 10.6 Å². The molecule has 0 aliphatic carbocycles. The maximum absolute atomic E-state index is 12.1. The minimum absolute atomic E-state index is 0.0178. The molecule has 1 aromatic rings. The molecule has 0 bridgehead atoms. The zero-order chi connectivity index (χ0) is 14.5. The van der Waals surface area contributed by atoms with Crippen LogP contribution in [-0.2, 0) is 11.3 Å². The van der Waals surface area contributed by atoms with Gasteiger partial charge in [0.1, 0.15) is 0 Å². The fourth-order valence-corrected chi connectivity index (χ4v) is 3.26. The van der Waals surface area contributed by atoms with Crippen LogP contribution in [0.4, 0.5) is 5.69 Å². The van der Waals surface area contributed by atoms with Crippen molar-refractivity contribution in [3.63, 3.8) is 0 Å².